The average molecular weight is 223 g/mol. The molecule has 0 atom stereocenters. The van der Waals surface area contributed by atoms with Crippen LogP contribution < -0.4 is 11.1 Å². The molecule has 0 aliphatic heterocycles. The summed E-state index contributed by atoms with van der Waals surface area (Å²) in [5, 5.41) is 11.6. The van der Waals surface area contributed by atoms with E-state index in [0.717, 1.165) is 44.1 Å². The van der Waals surface area contributed by atoms with Crippen LogP contribution in [0.25, 0.3) is 0 Å². The van der Waals surface area contributed by atoms with Gasteiger partial charge in [0.2, 0.25) is 5.95 Å². The minimum absolute atomic E-state index is 0.0244. The third kappa shape index (κ3) is 2.04. The zero-order valence-electron chi connectivity index (χ0n) is 10.2. The van der Waals surface area contributed by atoms with Crippen LogP contribution in [0.15, 0.2) is 0 Å². The van der Waals surface area contributed by atoms with Gasteiger partial charge in [-0.25, -0.2) is 0 Å². The molecule has 2 rings (SSSR count). The summed E-state index contributed by atoms with van der Waals surface area (Å²) in [7, 11) is 0. The van der Waals surface area contributed by atoms with E-state index < -0.39 is 0 Å². The molecule has 0 saturated heterocycles. The number of hydrogen-bond acceptors (Lipinski definition) is 4. The maximum absolute atomic E-state index is 6.24. The van der Waals surface area contributed by atoms with Crippen molar-refractivity contribution in [2.24, 2.45) is 5.73 Å². The molecule has 5 heteroatoms. The van der Waals surface area contributed by atoms with E-state index in [4.69, 9.17) is 5.73 Å². The summed E-state index contributed by atoms with van der Waals surface area (Å²) < 4.78 is 2.12. The van der Waals surface area contributed by atoms with Crippen LogP contribution >= 0.6 is 0 Å². The number of anilines is 1. The fourth-order valence-corrected chi connectivity index (χ4v) is 2.21. The minimum Gasteiger partial charge on any atom is -0.355 e. The highest BCUT2D eigenvalue weighted by atomic mass is 15.3. The van der Waals surface area contributed by atoms with E-state index in [1.165, 1.54) is 6.42 Å². The molecule has 1 aromatic heterocycles. The Kier molecular flexibility index (Phi) is 3.14. The molecule has 1 fully saturated rings. The number of nitrogens with two attached hydrogens (primary N) is 1. The van der Waals surface area contributed by atoms with Crippen molar-refractivity contribution in [1.82, 2.24) is 14.8 Å². The molecule has 0 amide bonds. The molecular formula is C11H21N5. The smallest absolute Gasteiger partial charge is 0.224 e. The Hall–Kier alpha value is -1.10. The minimum atomic E-state index is -0.0244. The Bertz CT molecular complexity index is 353. The molecule has 1 aliphatic carbocycles. The Morgan fingerprint density at radius 3 is 2.62 bits per heavy atom. The van der Waals surface area contributed by atoms with Gasteiger partial charge in [0.25, 0.3) is 0 Å². The van der Waals surface area contributed by atoms with Gasteiger partial charge in [-0.3, -0.25) is 4.57 Å². The highest BCUT2D eigenvalue weighted by Gasteiger charge is 2.34. The van der Waals surface area contributed by atoms with Crippen molar-refractivity contribution in [3.8, 4) is 0 Å². The van der Waals surface area contributed by atoms with Crippen LogP contribution in [0.5, 0.6) is 0 Å². The molecule has 0 spiro atoms. The van der Waals surface area contributed by atoms with Crippen LogP contribution in [-0.4, -0.2) is 26.8 Å². The van der Waals surface area contributed by atoms with Gasteiger partial charge in [-0.05, 0) is 33.1 Å². The maximum Gasteiger partial charge on any atom is 0.224 e. The van der Waals surface area contributed by atoms with Crippen molar-refractivity contribution in [3.05, 3.63) is 5.82 Å². The summed E-state index contributed by atoms with van der Waals surface area (Å²) in [6.07, 6.45) is 4.32. The molecule has 1 aromatic rings. The van der Waals surface area contributed by atoms with Crippen LogP contribution in [-0.2, 0) is 13.0 Å². The second kappa shape index (κ2) is 4.41. The first kappa shape index (κ1) is 11.4. The molecule has 1 heterocycles. The highest BCUT2D eigenvalue weighted by Crippen LogP contribution is 2.32. The van der Waals surface area contributed by atoms with Crippen molar-refractivity contribution < 1.29 is 0 Å². The first-order valence-electron chi connectivity index (χ1n) is 6.13. The van der Waals surface area contributed by atoms with Gasteiger partial charge < -0.3 is 11.1 Å². The standard InChI is InChI=1S/C11H21N5/c1-3-13-10-15-14-9(16(10)4-2)8-11(12)6-5-7-11/h3-8,12H2,1-2H3,(H,13,15). The summed E-state index contributed by atoms with van der Waals surface area (Å²) in [6.45, 7) is 5.93. The number of hydrogen-bond donors (Lipinski definition) is 2. The molecule has 1 saturated carbocycles. The highest BCUT2D eigenvalue weighted by molar-refractivity contribution is 5.26. The quantitative estimate of drug-likeness (QED) is 0.786. The summed E-state index contributed by atoms with van der Waals surface area (Å²) in [5.74, 6) is 1.88. The second-order valence-electron chi connectivity index (χ2n) is 4.61. The predicted molar refractivity (Wildman–Crippen MR) is 64.3 cm³/mol. The molecule has 90 valence electrons. The fraction of sp³-hybridized carbons (Fsp3) is 0.818. The Morgan fingerprint density at radius 1 is 1.38 bits per heavy atom. The van der Waals surface area contributed by atoms with Crippen LogP contribution in [0.2, 0.25) is 0 Å². The summed E-state index contributed by atoms with van der Waals surface area (Å²) in [5.41, 5.74) is 6.22. The lowest BCUT2D eigenvalue weighted by Crippen LogP contribution is -2.48. The summed E-state index contributed by atoms with van der Waals surface area (Å²) in [4.78, 5) is 0. The molecule has 0 unspecified atom stereocenters. The normalized spacial score (nSPS) is 18.2. The number of rotatable bonds is 5. The second-order valence-corrected chi connectivity index (χ2v) is 4.61. The van der Waals surface area contributed by atoms with E-state index in [-0.39, 0.29) is 5.54 Å². The molecule has 0 bridgehead atoms. The molecular weight excluding hydrogens is 202 g/mol. The third-order valence-electron chi connectivity index (χ3n) is 3.34. The van der Waals surface area contributed by atoms with E-state index >= 15 is 0 Å². The van der Waals surface area contributed by atoms with Crippen LogP contribution in [0.3, 0.4) is 0 Å². The van der Waals surface area contributed by atoms with Gasteiger partial charge in [0, 0.05) is 25.0 Å². The zero-order chi connectivity index (χ0) is 11.6. The summed E-state index contributed by atoms with van der Waals surface area (Å²) >= 11 is 0. The molecule has 3 N–H and O–H groups in total. The van der Waals surface area contributed by atoms with Gasteiger partial charge in [-0.2, -0.15) is 0 Å². The van der Waals surface area contributed by atoms with E-state index in [1.54, 1.807) is 0 Å². The monoisotopic (exact) mass is 223 g/mol. The van der Waals surface area contributed by atoms with Crippen LogP contribution in [0.1, 0.15) is 38.9 Å². The lowest BCUT2D eigenvalue weighted by Gasteiger charge is -2.37. The Morgan fingerprint density at radius 2 is 2.12 bits per heavy atom. The topological polar surface area (TPSA) is 68.8 Å². The molecule has 5 nitrogen and oxygen atoms in total. The Balaban J connectivity index is 2.13. The van der Waals surface area contributed by atoms with Crippen LogP contribution in [0, 0.1) is 0 Å². The fourth-order valence-electron chi connectivity index (χ4n) is 2.21. The Labute approximate surface area is 96.4 Å². The van der Waals surface area contributed by atoms with E-state index in [2.05, 4.69) is 33.9 Å². The van der Waals surface area contributed by atoms with E-state index in [1.807, 2.05) is 0 Å². The SMILES string of the molecule is CCNc1nnc(CC2(N)CCC2)n1CC. The van der Waals surface area contributed by atoms with Crippen molar-refractivity contribution in [2.45, 2.75) is 51.6 Å². The predicted octanol–water partition coefficient (Wildman–Crippen LogP) is 1.15. The van der Waals surface area contributed by atoms with Crippen molar-refractivity contribution in [1.29, 1.82) is 0 Å². The molecule has 1 aliphatic rings. The largest absolute Gasteiger partial charge is 0.355 e. The molecule has 0 aromatic carbocycles. The van der Waals surface area contributed by atoms with Gasteiger partial charge in [-0.1, -0.05) is 0 Å². The van der Waals surface area contributed by atoms with Gasteiger partial charge in [0.1, 0.15) is 5.82 Å². The average Bonchev–Trinajstić information content (AvgIpc) is 2.59. The molecule has 16 heavy (non-hydrogen) atoms. The number of aromatic nitrogens is 3. The first-order valence-corrected chi connectivity index (χ1v) is 6.13. The lowest BCUT2D eigenvalue weighted by atomic mass is 9.75. The zero-order valence-corrected chi connectivity index (χ0v) is 10.2. The third-order valence-corrected chi connectivity index (χ3v) is 3.34. The summed E-state index contributed by atoms with van der Waals surface area (Å²) in [6, 6.07) is 0. The lowest BCUT2D eigenvalue weighted by molar-refractivity contribution is 0.241. The van der Waals surface area contributed by atoms with E-state index in [9.17, 15) is 0 Å². The van der Waals surface area contributed by atoms with Gasteiger partial charge in [0.05, 0.1) is 0 Å². The van der Waals surface area contributed by atoms with Gasteiger partial charge in [-0.15, -0.1) is 10.2 Å². The van der Waals surface area contributed by atoms with Crippen molar-refractivity contribution in [3.63, 3.8) is 0 Å². The van der Waals surface area contributed by atoms with Crippen LogP contribution in [0.4, 0.5) is 5.95 Å². The van der Waals surface area contributed by atoms with E-state index in [0.29, 0.717) is 0 Å². The number of nitrogens with zero attached hydrogens (tertiary/aromatic N) is 3. The number of nitrogens with one attached hydrogen (secondary N) is 1. The van der Waals surface area contributed by atoms with Gasteiger partial charge >= 0.3 is 0 Å². The maximum atomic E-state index is 6.24. The van der Waals surface area contributed by atoms with Crippen molar-refractivity contribution in [2.75, 3.05) is 11.9 Å². The molecule has 0 radical (unpaired) electrons. The van der Waals surface area contributed by atoms with Gasteiger partial charge in [0.15, 0.2) is 0 Å². The first-order chi connectivity index (χ1) is 7.68. The van der Waals surface area contributed by atoms with Crippen molar-refractivity contribution >= 4 is 5.95 Å².